The highest BCUT2D eigenvalue weighted by Crippen LogP contribution is 2.19. The minimum absolute atomic E-state index is 0.116. The van der Waals surface area contributed by atoms with Crippen LogP contribution in [0.3, 0.4) is 0 Å². The summed E-state index contributed by atoms with van der Waals surface area (Å²) in [7, 11) is 0. The van der Waals surface area contributed by atoms with E-state index < -0.39 is 5.82 Å². The number of rotatable bonds is 3. The van der Waals surface area contributed by atoms with Crippen LogP contribution < -0.4 is 11.2 Å². The quantitative estimate of drug-likeness (QED) is 0.808. The maximum Gasteiger partial charge on any atom is 0.204 e. The molecule has 2 rings (SSSR count). The van der Waals surface area contributed by atoms with E-state index in [1.807, 2.05) is 6.08 Å². The first-order valence-electron chi connectivity index (χ1n) is 6.58. The van der Waals surface area contributed by atoms with Crippen LogP contribution in [0.2, 0.25) is 0 Å². The van der Waals surface area contributed by atoms with Crippen LogP contribution in [0.25, 0.3) is 6.20 Å². The van der Waals surface area contributed by atoms with Gasteiger partial charge < -0.3 is 10.3 Å². The zero-order valence-electron chi connectivity index (χ0n) is 12.1. The molecular weight excluding hydrogens is 339 g/mol. The fourth-order valence-corrected chi connectivity index (χ4v) is 2.39. The first-order chi connectivity index (χ1) is 9.88. The molecule has 1 amide bonds. The Morgan fingerprint density at radius 1 is 1.52 bits per heavy atom. The van der Waals surface area contributed by atoms with Crippen LogP contribution in [0.5, 0.6) is 0 Å². The van der Waals surface area contributed by atoms with Crippen LogP contribution in [-0.4, -0.2) is 35.0 Å². The van der Waals surface area contributed by atoms with Crippen molar-refractivity contribution in [2.24, 2.45) is 11.7 Å². The molecule has 3 N–H and O–H groups in total. The van der Waals surface area contributed by atoms with Crippen LogP contribution >= 0.6 is 15.9 Å². The molecule has 0 unspecified atom stereocenters. The Morgan fingerprint density at radius 3 is 2.62 bits per heavy atom. The summed E-state index contributed by atoms with van der Waals surface area (Å²) in [6.07, 6.45) is 5.77. The SMILES string of the molecule is CC(C)N1CC(/C=C/n2cc(Br)cc(F)c2=N)C1.NC=O. The van der Waals surface area contributed by atoms with Gasteiger partial charge in [0.25, 0.3) is 0 Å². The Balaban J connectivity index is 0.000000677. The van der Waals surface area contributed by atoms with Crippen LogP contribution in [0.15, 0.2) is 22.8 Å². The average Bonchev–Trinajstić information content (AvgIpc) is 2.33. The highest BCUT2D eigenvalue weighted by atomic mass is 79.9. The molecule has 1 aliphatic heterocycles. The molecule has 1 aliphatic rings. The summed E-state index contributed by atoms with van der Waals surface area (Å²) in [5.41, 5.74) is 4.05. The zero-order valence-corrected chi connectivity index (χ0v) is 13.7. The smallest absolute Gasteiger partial charge is 0.204 e. The topological polar surface area (TPSA) is 75.1 Å². The molecule has 1 aromatic rings. The van der Waals surface area contributed by atoms with E-state index in [2.05, 4.69) is 40.4 Å². The fourth-order valence-electron chi connectivity index (χ4n) is 1.97. The van der Waals surface area contributed by atoms with Crippen molar-refractivity contribution in [2.45, 2.75) is 19.9 Å². The van der Waals surface area contributed by atoms with E-state index in [1.165, 1.54) is 10.6 Å². The molecule has 116 valence electrons. The lowest BCUT2D eigenvalue weighted by Crippen LogP contribution is -2.49. The summed E-state index contributed by atoms with van der Waals surface area (Å²) in [5.74, 6) is -0.0206. The van der Waals surface area contributed by atoms with E-state index in [-0.39, 0.29) is 11.9 Å². The first kappa shape index (κ1) is 17.6. The number of likely N-dealkylation sites (tertiary alicyclic amines) is 1. The number of amides is 1. The molecule has 0 aliphatic carbocycles. The molecule has 7 heteroatoms. The molecule has 1 fully saturated rings. The molecule has 0 saturated carbocycles. The number of aromatic nitrogens is 1. The van der Waals surface area contributed by atoms with Crippen LogP contribution in [0.1, 0.15) is 13.8 Å². The van der Waals surface area contributed by atoms with Gasteiger partial charge in [-0.3, -0.25) is 15.1 Å². The van der Waals surface area contributed by atoms with Gasteiger partial charge in [0, 0.05) is 41.9 Å². The number of carbonyl (C=O) groups excluding carboxylic acids is 1. The Hall–Kier alpha value is -1.47. The highest BCUT2D eigenvalue weighted by molar-refractivity contribution is 9.10. The number of hydrogen-bond donors (Lipinski definition) is 2. The largest absolute Gasteiger partial charge is 0.372 e. The molecule has 0 spiro atoms. The summed E-state index contributed by atoms with van der Waals surface area (Å²) in [6.45, 7) is 6.44. The van der Waals surface area contributed by atoms with Crippen LogP contribution in [0, 0.1) is 17.1 Å². The average molecular weight is 359 g/mol. The predicted octanol–water partition coefficient (Wildman–Crippen LogP) is 1.78. The van der Waals surface area contributed by atoms with Gasteiger partial charge in [0.15, 0.2) is 11.3 Å². The lowest BCUT2D eigenvalue weighted by atomic mass is 9.98. The van der Waals surface area contributed by atoms with Crippen LogP contribution in [0.4, 0.5) is 4.39 Å². The molecule has 0 aromatic carbocycles. The number of hydrogen-bond acceptors (Lipinski definition) is 3. The van der Waals surface area contributed by atoms with Crippen molar-refractivity contribution in [1.29, 1.82) is 5.41 Å². The molecule has 0 bridgehead atoms. The third kappa shape index (κ3) is 5.09. The third-order valence-corrected chi connectivity index (χ3v) is 3.63. The van der Waals surface area contributed by atoms with Crippen molar-refractivity contribution in [3.8, 4) is 0 Å². The molecule has 21 heavy (non-hydrogen) atoms. The van der Waals surface area contributed by atoms with Gasteiger partial charge in [0.05, 0.1) is 0 Å². The maximum atomic E-state index is 13.3. The van der Waals surface area contributed by atoms with Crippen molar-refractivity contribution in [3.05, 3.63) is 34.1 Å². The first-order valence-corrected chi connectivity index (χ1v) is 7.37. The molecule has 0 radical (unpaired) electrons. The summed E-state index contributed by atoms with van der Waals surface area (Å²) >= 11 is 3.23. The lowest BCUT2D eigenvalue weighted by Gasteiger charge is -2.40. The summed E-state index contributed by atoms with van der Waals surface area (Å²) < 4.78 is 15.5. The predicted molar refractivity (Wildman–Crippen MR) is 83.7 cm³/mol. The van der Waals surface area contributed by atoms with Gasteiger partial charge in [-0.15, -0.1) is 0 Å². The monoisotopic (exact) mass is 358 g/mol. The summed E-state index contributed by atoms with van der Waals surface area (Å²) in [4.78, 5) is 11.0. The maximum absolute atomic E-state index is 13.3. The minimum atomic E-state index is -0.522. The number of primary amides is 1. The lowest BCUT2D eigenvalue weighted by molar-refractivity contribution is -0.106. The van der Waals surface area contributed by atoms with E-state index in [0.29, 0.717) is 16.4 Å². The molecule has 1 aromatic heterocycles. The van der Waals surface area contributed by atoms with Crippen molar-refractivity contribution >= 4 is 28.5 Å². The standard InChI is InChI=1S/C13H17BrFN3.CH3NO/c1-9(2)18-6-10(7-18)3-4-17-8-11(14)5-12(15)13(17)16;2-1-3/h3-5,8-10,16H,6-7H2,1-2H3;1H,(H2,2,3)/b4-3+,16-13?;. The normalized spacial score (nSPS) is 15.7. The van der Waals surface area contributed by atoms with E-state index in [0.717, 1.165) is 13.1 Å². The van der Waals surface area contributed by atoms with E-state index in [1.54, 1.807) is 12.4 Å². The van der Waals surface area contributed by atoms with Gasteiger partial charge in [-0.2, -0.15) is 0 Å². The molecule has 1 saturated heterocycles. The third-order valence-electron chi connectivity index (χ3n) is 3.20. The summed E-state index contributed by atoms with van der Waals surface area (Å²) in [6, 6.07) is 1.88. The second-order valence-electron chi connectivity index (χ2n) is 5.05. The van der Waals surface area contributed by atoms with Gasteiger partial charge in [-0.05, 0) is 35.8 Å². The van der Waals surface area contributed by atoms with Gasteiger partial charge in [-0.25, -0.2) is 4.39 Å². The number of nitrogens with zero attached hydrogens (tertiary/aromatic N) is 2. The van der Waals surface area contributed by atoms with E-state index in [4.69, 9.17) is 10.2 Å². The van der Waals surface area contributed by atoms with Crippen LogP contribution in [-0.2, 0) is 4.79 Å². The highest BCUT2D eigenvalue weighted by Gasteiger charge is 2.25. The number of nitrogens with two attached hydrogens (primary N) is 1. The van der Waals surface area contributed by atoms with Gasteiger partial charge in [0.2, 0.25) is 6.41 Å². The second-order valence-corrected chi connectivity index (χ2v) is 5.96. The Labute approximate surface area is 131 Å². The van der Waals surface area contributed by atoms with Gasteiger partial charge in [0.1, 0.15) is 0 Å². The fraction of sp³-hybridized carbons (Fsp3) is 0.429. The molecular formula is C14H20BrFN4O. The van der Waals surface area contributed by atoms with E-state index >= 15 is 0 Å². The summed E-state index contributed by atoms with van der Waals surface area (Å²) in [5, 5.41) is 7.62. The number of carbonyl (C=O) groups is 1. The molecule has 5 nitrogen and oxygen atoms in total. The number of pyridine rings is 1. The van der Waals surface area contributed by atoms with E-state index in [9.17, 15) is 4.39 Å². The van der Waals surface area contributed by atoms with Crippen molar-refractivity contribution in [2.75, 3.05) is 13.1 Å². The number of halogens is 2. The van der Waals surface area contributed by atoms with Gasteiger partial charge >= 0.3 is 0 Å². The van der Waals surface area contributed by atoms with Gasteiger partial charge in [-0.1, -0.05) is 6.08 Å². The number of nitrogens with one attached hydrogen (secondary N) is 1. The van der Waals surface area contributed by atoms with Crippen molar-refractivity contribution in [3.63, 3.8) is 0 Å². The Kier molecular flexibility index (Phi) is 6.77. The molecule has 0 atom stereocenters. The Bertz CT molecular complexity index is 565. The second kappa shape index (κ2) is 8.09. The molecule has 2 heterocycles. The van der Waals surface area contributed by atoms with Crippen molar-refractivity contribution < 1.29 is 9.18 Å². The van der Waals surface area contributed by atoms with Crippen molar-refractivity contribution in [1.82, 2.24) is 9.47 Å². The zero-order chi connectivity index (χ0) is 16.0. The minimum Gasteiger partial charge on any atom is -0.372 e. The Morgan fingerprint density at radius 2 is 2.10 bits per heavy atom.